The molecular formula is C13H27N. The summed E-state index contributed by atoms with van der Waals surface area (Å²) in [4.78, 5) is 2.44. The van der Waals surface area contributed by atoms with Crippen LogP contribution in [0.5, 0.6) is 0 Å². The number of hydrogen-bond donors (Lipinski definition) is 0. The average Bonchev–Trinajstić information content (AvgIpc) is 2.18. The van der Waals surface area contributed by atoms with Gasteiger partial charge in [0.15, 0.2) is 0 Å². The van der Waals surface area contributed by atoms with Gasteiger partial charge in [0.1, 0.15) is 0 Å². The Kier molecular flexibility index (Phi) is 10.3. The molecule has 0 aromatic heterocycles. The topological polar surface area (TPSA) is 3.24 Å². The van der Waals surface area contributed by atoms with Gasteiger partial charge in [-0.15, -0.1) is 0 Å². The fourth-order valence-corrected chi connectivity index (χ4v) is 1.57. The molecule has 0 bridgehead atoms. The van der Waals surface area contributed by atoms with E-state index < -0.39 is 0 Å². The van der Waals surface area contributed by atoms with Crippen LogP contribution in [0.4, 0.5) is 0 Å². The molecule has 0 atom stereocenters. The van der Waals surface area contributed by atoms with Crippen molar-refractivity contribution in [3.8, 4) is 0 Å². The smallest absolute Gasteiger partial charge is 0.0169 e. The predicted molar refractivity (Wildman–Crippen MR) is 65.4 cm³/mol. The Morgan fingerprint density at radius 1 is 0.857 bits per heavy atom. The highest BCUT2D eigenvalue weighted by molar-refractivity contribution is 4.82. The Morgan fingerprint density at radius 3 is 2.00 bits per heavy atom. The molecule has 0 aliphatic carbocycles. The second-order valence-corrected chi connectivity index (χ2v) is 3.92. The summed E-state index contributed by atoms with van der Waals surface area (Å²) in [5.41, 5.74) is 0. The second kappa shape index (κ2) is 10.6. The van der Waals surface area contributed by atoms with Crippen LogP contribution in [-0.4, -0.2) is 18.0 Å². The van der Waals surface area contributed by atoms with Crippen molar-refractivity contribution in [3.05, 3.63) is 12.3 Å². The molecule has 0 unspecified atom stereocenters. The van der Waals surface area contributed by atoms with E-state index in [1.807, 2.05) is 0 Å². The Balaban J connectivity index is 3.55. The highest BCUT2D eigenvalue weighted by atomic mass is 15.1. The number of nitrogens with zero attached hydrogens (tertiary/aromatic N) is 1. The van der Waals surface area contributed by atoms with Gasteiger partial charge in [-0.1, -0.05) is 39.7 Å². The van der Waals surface area contributed by atoms with E-state index in [0.717, 1.165) is 0 Å². The van der Waals surface area contributed by atoms with E-state index >= 15 is 0 Å². The van der Waals surface area contributed by atoms with Crippen molar-refractivity contribution >= 4 is 0 Å². The van der Waals surface area contributed by atoms with Crippen LogP contribution in [0.15, 0.2) is 12.3 Å². The summed E-state index contributed by atoms with van der Waals surface area (Å²) in [5, 5.41) is 0. The molecule has 1 nitrogen and oxygen atoms in total. The van der Waals surface area contributed by atoms with Crippen LogP contribution in [0.25, 0.3) is 0 Å². The minimum atomic E-state index is 1.21. The standard InChI is InChI=1S/C13H27N/c1-4-7-8-9-10-13-14(11-5-2)12-6-3/h10,13H,4-9,11-12H2,1-3H3. The van der Waals surface area contributed by atoms with Crippen LogP contribution in [0.2, 0.25) is 0 Å². The third-order valence-corrected chi connectivity index (χ3v) is 2.31. The van der Waals surface area contributed by atoms with Crippen molar-refractivity contribution in [1.82, 2.24) is 4.90 Å². The van der Waals surface area contributed by atoms with Crippen molar-refractivity contribution in [2.75, 3.05) is 13.1 Å². The third-order valence-electron chi connectivity index (χ3n) is 2.31. The van der Waals surface area contributed by atoms with Gasteiger partial charge < -0.3 is 4.90 Å². The minimum absolute atomic E-state index is 1.21. The summed E-state index contributed by atoms with van der Waals surface area (Å²) in [7, 11) is 0. The lowest BCUT2D eigenvalue weighted by Crippen LogP contribution is -2.18. The predicted octanol–water partition coefficient (Wildman–Crippen LogP) is 4.20. The molecule has 14 heavy (non-hydrogen) atoms. The summed E-state index contributed by atoms with van der Waals surface area (Å²) in [5.74, 6) is 0. The maximum atomic E-state index is 2.44. The van der Waals surface area contributed by atoms with Crippen LogP contribution in [-0.2, 0) is 0 Å². The van der Waals surface area contributed by atoms with Gasteiger partial charge in [0.05, 0.1) is 0 Å². The van der Waals surface area contributed by atoms with E-state index in [1.54, 1.807) is 0 Å². The lowest BCUT2D eigenvalue weighted by molar-refractivity contribution is 0.374. The van der Waals surface area contributed by atoms with Crippen LogP contribution >= 0.6 is 0 Å². The van der Waals surface area contributed by atoms with Gasteiger partial charge in [-0.25, -0.2) is 0 Å². The van der Waals surface area contributed by atoms with Crippen LogP contribution < -0.4 is 0 Å². The monoisotopic (exact) mass is 197 g/mol. The Hall–Kier alpha value is -0.460. The van der Waals surface area contributed by atoms with Gasteiger partial charge in [-0.2, -0.15) is 0 Å². The van der Waals surface area contributed by atoms with Crippen molar-refractivity contribution in [3.63, 3.8) is 0 Å². The minimum Gasteiger partial charge on any atom is -0.378 e. The lowest BCUT2D eigenvalue weighted by Gasteiger charge is -2.18. The molecule has 0 spiro atoms. The lowest BCUT2D eigenvalue weighted by atomic mass is 10.2. The Morgan fingerprint density at radius 2 is 1.50 bits per heavy atom. The molecule has 84 valence electrons. The Bertz CT molecular complexity index is 123. The number of unbranched alkanes of at least 4 members (excludes halogenated alkanes) is 3. The van der Waals surface area contributed by atoms with Gasteiger partial charge in [0.2, 0.25) is 0 Å². The average molecular weight is 197 g/mol. The Labute approximate surface area is 90.2 Å². The van der Waals surface area contributed by atoms with E-state index in [1.165, 1.54) is 51.6 Å². The maximum absolute atomic E-state index is 2.44. The van der Waals surface area contributed by atoms with Gasteiger partial charge in [-0.05, 0) is 31.9 Å². The van der Waals surface area contributed by atoms with Crippen LogP contribution in [0, 0.1) is 0 Å². The zero-order valence-corrected chi connectivity index (χ0v) is 10.3. The molecule has 1 heteroatoms. The van der Waals surface area contributed by atoms with Crippen molar-refractivity contribution < 1.29 is 0 Å². The normalized spacial score (nSPS) is 11.1. The first-order chi connectivity index (χ1) is 6.85. The summed E-state index contributed by atoms with van der Waals surface area (Å²) in [6.07, 6.45) is 12.4. The molecular weight excluding hydrogens is 170 g/mol. The first-order valence-corrected chi connectivity index (χ1v) is 6.25. The maximum Gasteiger partial charge on any atom is 0.0169 e. The molecule has 0 amide bonds. The highest BCUT2D eigenvalue weighted by Gasteiger charge is 1.93. The van der Waals surface area contributed by atoms with E-state index in [2.05, 4.69) is 37.9 Å². The summed E-state index contributed by atoms with van der Waals surface area (Å²) in [6.45, 7) is 9.15. The largest absolute Gasteiger partial charge is 0.378 e. The summed E-state index contributed by atoms with van der Waals surface area (Å²) < 4.78 is 0. The van der Waals surface area contributed by atoms with Gasteiger partial charge >= 0.3 is 0 Å². The van der Waals surface area contributed by atoms with E-state index in [-0.39, 0.29) is 0 Å². The van der Waals surface area contributed by atoms with Gasteiger partial charge in [-0.3, -0.25) is 0 Å². The molecule has 0 rings (SSSR count). The van der Waals surface area contributed by atoms with Crippen LogP contribution in [0.1, 0.15) is 59.3 Å². The number of rotatable bonds is 9. The molecule has 0 saturated heterocycles. The molecule has 0 aromatic rings. The molecule has 0 N–H and O–H groups in total. The zero-order valence-electron chi connectivity index (χ0n) is 10.3. The first kappa shape index (κ1) is 13.5. The van der Waals surface area contributed by atoms with E-state index in [4.69, 9.17) is 0 Å². The SMILES string of the molecule is CCCCCC=CN(CCC)CCC. The molecule has 0 aromatic carbocycles. The van der Waals surface area contributed by atoms with Gasteiger partial charge in [0.25, 0.3) is 0 Å². The fraction of sp³-hybridized carbons (Fsp3) is 0.846. The van der Waals surface area contributed by atoms with Gasteiger partial charge in [0, 0.05) is 13.1 Å². The number of allylic oxidation sites excluding steroid dienone is 1. The van der Waals surface area contributed by atoms with Crippen molar-refractivity contribution in [2.24, 2.45) is 0 Å². The summed E-state index contributed by atoms with van der Waals surface area (Å²) in [6, 6.07) is 0. The molecule has 0 saturated carbocycles. The zero-order chi connectivity index (χ0) is 10.6. The van der Waals surface area contributed by atoms with E-state index in [9.17, 15) is 0 Å². The molecule has 0 fully saturated rings. The van der Waals surface area contributed by atoms with E-state index in [0.29, 0.717) is 0 Å². The van der Waals surface area contributed by atoms with Crippen molar-refractivity contribution in [1.29, 1.82) is 0 Å². The molecule has 0 heterocycles. The quantitative estimate of drug-likeness (QED) is 0.501. The van der Waals surface area contributed by atoms with Crippen LogP contribution in [0.3, 0.4) is 0 Å². The molecule has 0 aliphatic rings. The first-order valence-electron chi connectivity index (χ1n) is 6.25. The second-order valence-electron chi connectivity index (χ2n) is 3.92. The van der Waals surface area contributed by atoms with Crippen molar-refractivity contribution in [2.45, 2.75) is 59.3 Å². The molecule has 0 radical (unpaired) electrons. The summed E-state index contributed by atoms with van der Waals surface area (Å²) >= 11 is 0. The fourth-order valence-electron chi connectivity index (χ4n) is 1.57. The highest BCUT2D eigenvalue weighted by Crippen LogP contribution is 2.01. The third kappa shape index (κ3) is 8.15. The number of hydrogen-bond acceptors (Lipinski definition) is 1. The molecule has 0 aliphatic heterocycles.